The van der Waals surface area contributed by atoms with Gasteiger partial charge in [0, 0.05) is 63.1 Å². The minimum absolute atomic E-state index is 0.0494. The molecule has 13 nitrogen and oxygen atoms in total. The Morgan fingerprint density at radius 1 is 0.656 bits per heavy atom. The van der Waals surface area contributed by atoms with Crippen LogP contribution < -0.4 is 21.3 Å². The monoisotopic (exact) mass is 908 g/mol. The van der Waals surface area contributed by atoms with Gasteiger partial charge in [-0.2, -0.15) is 16.8 Å². The molecule has 1 aliphatic heterocycles. The summed E-state index contributed by atoms with van der Waals surface area (Å²) in [7, 11) is -9.78. The molecule has 15 heteroatoms. The second-order valence-electron chi connectivity index (χ2n) is 16.8. The van der Waals surface area contributed by atoms with Gasteiger partial charge in [0.2, 0.25) is 11.8 Å². The van der Waals surface area contributed by atoms with E-state index in [-0.39, 0.29) is 57.2 Å². The molecule has 2 atom stereocenters. The number of nitrogens with one attached hydrogen (secondary N) is 3. The van der Waals surface area contributed by atoms with Crippen molar-refractivity contribution in [2.24, 2.45) is 16.8 Å². The van der Waals surface area contributed by atoms with Gasteiger partial charge in [-0.05, 0) is 112 Å². The van der Waals surface area contributed by atoms with Crippen LogP contribution in [-0.4, -0.2) is 37.8 Å². The smallest absolute Gasteiger partial charge is 0.296 e. The number of hydrogen-bond donors (Lipinski definition) is 5. The van der Waals surface area contributed by atoms with Crippen molar-refractivity contribution in [2.75, 3.05) is 16.0 Å². The lowest BCUT2D eigenvalue weighted by Crippen LogP contribution is -2.21. The quantitative estimate of drug-likeness (QED) is 0.0516. The Kier molecular flexibility index (Phi) is 13.9. The third-order valence-electron chi connectivity index (χ3n) is 11.8. The Morgan fingerprint density at radius 2 is 1.20 bits per heavy atom. The first-order chi connectivity index (χ1) is 30.0. The molecule has 1 aliphatic carbocycles. The minimum atomic E-state index is -4.97. The molecule has 0 radical (unpaired) electrons. The van der Waals surface area contributed by atoms with Crippen LogP contribution in [0.15, 0.2) is 85.9 Å². The number of amides is 2. The van der Waals surface area contributed by atoms with E-state index in [0.717, 1.165) is 47.1 Å². The number of nitrogens with zero attached hydrogens (tertiary/aromatic N) is 1. The Hall–Kier alpha value is -5.87. The van der Waals surface area contributed by atoms with Gasteiger partial charge >= 0.3 is 0 Å². The number of anilines is 4. The SMILES string of the molecule is CCCC(C)C(=O)Nc1c(C)cc(C)c(N=c2ccc3c(-c4ccccc4S(=O)(=O)O)c4cc(S(=O)(=O)O)c(Nc5c(C)cc(C)c(NC(=O)C(C)CCC)c5C)cc4oc-3c2)c1C. The van der Waals surface area contributed by atoms with Gasteiger partial charge < -0.3 is 20.4 Å². The molecule has 0 fully saturated rings. The number of benzene rings is 5. The molecule has 6 rings (SSSR count). The predicted molar refractivity (Wildman–Crippen MR) is 253 cm³/mol. The highest BCUT2D eigenvalue weighted by Crippen LogP contribution is 2.45. The molecular weight excluding hydrogens is 853 g/mol. The van der Waals surface area contributed by atoms with Crippen LogP contribution in [-0.2, 0) is 29.8 Å². The maximum Gasteiger partial charge on any atom is 0.296 e. The molecule has 2 aliphatic rings. The van der Waals surface area contributed by atoms with E-state index in [1.807, 2.05) is 74.4 Å². The first-order valence-electron chi connectivity index (χ1n) is 21.3. The van der Waals surface area contributed by atoms with E-state index in [1.54, 1.807) is 31.2 Å². The fourth-order valence-corrected chi connectivity index (χ4v) is 9.82. The summed E-state index contributed by atoms with van der Waals surface area (Å²) in [5.74, 6) is -0.426. The fraction of sp³-hybridized carbons (Fsp3) is 0.327. The van der Waals surface area contributed by atoms with Crippen LogP contribution in [0, 0.1) is 53.4 Å². The van der Waals surface area contributed by atoms with Gasteiger partial charge in [-0.1, -0.05) is 70.9 Å². The van der Waals surface area contributed by atoms with E-state index in [4.69, 9.17) is 9.41 Å². The van der Waals surface area contributed by atoms with E-state index >= 15 is 0 Å². The molecule has 2 amide bonds. The van der Waals surface area contributed by atoms with Crippen molar-refractivity contribution in [1.29, 1.82) is 0 Å². The molecule has 4 aromatic rings. The van der Waals surface area contributed by atoms with Crippen LogP contribution in [0.2, 0.25) is 0 Å². The topological polar surface area (TPSA) is 204 Å². The third kappa shape index (κ3) is 9.77. The molecule has 1 heterocycles. The van der Waals surface area contributed by atoms with E-state index in [1.165, 1.54) is 30.3 Å². The van der Waals surface area contributed by atoms with Crippen LogP contribution in [0.25, 0.3) is 33.4 Å². The predicted octanol–water partition coefficient (Wildman–Crippen LogP) is 11.3. The lowest BCUT2D eigenvalue weighted by atomic mass is 9.93. The first kappa shape index (κ1) is 47.6. The standard InChI is InChI=1S/C49H56N4O9S2/c1-11-15-26(3)48(54)52-46-30(7)21-28(5)44(32(46)9)50-34-19-20-35-39(23-34)62-40-25-38(51-45-29(6)22-31(8)47(33(45)10)53-49(55)27(4)16-12-2)42(64(59,60)61)24-37(40)43(35)36-17-13-14-18-41(36)63(56,57)58/h13-14,17-27,51H,11-12,15-16H2,1-10H3,(H,52,54)(H,53,55)(H,56,57,58)(H,59,60,61). The zero-order chi connectivity index (χ0) is 47.0. The van der Waals surface area contributed by atoms with Crippen LogP contribution >= 0.6 is 0 Å². The van der Waals surface area contributed by atoms with E-state index in [9.17, 15) is 35.5 Å². The summed E-state index contributed by atoms with van der Waals surface area (Å²) in [5, 5.41) is 9.93. The second-order valence-corrected chi connectivity index (χ2v) is 19.6. The van der Waals surface area contributed by atoms with E-state index in [2.05, 4.69) is 16.0 Å². The van der Waals surface area contributed by atoms with Crippen LogP contribution in [0.4, 0.5) is 28.4 Å². The van der Waals surface area contributed by atoms with Crippen molar-refractivity contribution in [2.45, 2.75) is 105 Å². The Labute approximate surface area is 375 Å². The second kappa shape index (κ2) is 18.7. The fourth-order valence-electron chi connectivity index (χ4n) is 8.47. The lowest BCUT2D eigenvalue weighted by Gasteiger charge is -2.22. The van der Waals surface area contributed by atoms with Crippen LogP contribution in [0.3, 0.4) is 0 Å². The van der Waals surface area contributed by atoms with Gasteiger partial charge in [0.1, 0.15) is 21.1 Å². The highest BCUT2D eigenvalue weighted by molar-refractivity contribution is 7.86. The first-order valence-corrected chi connectivity index (χ1v) is 24.2. The average molecular weight is 909 g/mol. The maximum atomic E-state index is 13.3. The highest BCUT2D eigenvalue weighted by Gasteiger charge is 2.28. The zero-order valence-corrected chi connectivity index (χ0v) is 39.5. The summed E-state index contributed by atoms with van der Waals surface area (Å²) >= 11 is 0. The van der Waals surface area contributed by atoms with Gasteiger partial charge in [0.05, 0.1) is 16.7 Å². The highest BCUT2D eigenvalue weighted by atomic mass is 32.2. The molecule has 338 valence electrons. The molecule has 64 heavy (non-hydrogen) atoms. The molecule has 5 N–H and O–H groups in total. The summed E-state index contributed by atoms with van der Waals surface area (Å²) in [6, 6.07) is 17.2. The van der Waals surface area contributed by atoms with Crippen molar-refractivity contribution in [3.8, 4) is 22.5 Å². The molecule has 4 aromatic carbocycles. The Balaban J connectivity index is 1.62. The summed E-state index contributed by atoms with van der Waals surface area (Å²) < 4.78 is 80.1. The van der Waals surface area contributed by atoms with E-state index in [0.29, 0.717) is 45.7 Å². The number of rotatable bonds is 14. The van der Waals surface area contributed by atoms with Crippen molar-refractivity contribution in [3.63, 3.8) is 0 Å². The van der Waals surface area contributed by atoms with Gasteiger partial charge in [-0.3, -0.25) is 18.7 Å². The molecule has 0 saturated carbocycles. The number of aryl methyl sites for hydroxylation is 4. The van der Waals surface area contributed by atoms with Crippen molar-refractivity contribution in [1.82, 2.24) is 0 Å². The third-order valence-corrected chi connectivity index (χ3v) is 13.6. The zero-order valence-electron chi connectivity index (χ0n) is 37.8. The number of carbonyl (C=O) groups excluding carboxylic acids is 2. The summed E-state index contributed by atoms with van der Waals surface area (Å²) in [5.41, 5.74) is 7.64. The molecule has 0 spiro atoms. The summed E-state index contributed by atoms with van der Waals surface area (Å²) in [4.78, 5) is 30.3. The van der Waals surface area contributed by atoms with Crippen LogP contribution in [0.5, 0.6) is 0 Å². The van der Waals surface area contributed by atoms with E-state index < -0.39 is 30.0 Å². The summed E-state index contributed by atoms with van der Waals surface area (Å²) in [6.45, 7) is 19.0. The summed E-state index contributed by atoms with van der Waals surface area (Å²) in [6.07, 6.45) is 3.15. The number of carbonyl (C=O) groups is 2. The average Bonchev–Trinajstić information content (AvgIpc) is 3.22. The van der Waals surface area contributed by atoms with Gasteiger partial charge in [-0.15, -0.1) is 0 Å². The van der Waals surface area contributed by atoms with Crippen molar-refractivity contribution >= 4 is 71.5 Å². The van der Waals surface area contributed by atoms with Gasteiger partial charge in [0.15, 0.2) is 0 Å². The minimum Gasteiger partial charge on any atom is -0.456 e. The molecule has 0 aromatic heterocycles. The van der Waals surface area contributed by atoms with Gasteiger partial charge in [0.25, 0.3) is 20.2 Å². The molecule has 2 unspecified atom stereocenters. The maximum absolute atomic E-state index is 13.3. The Morgan fingerprint density at radius 3 is 1.78 bits per heavy atom. The van der Waals surface area contributed by atoms with Crippen LogP contribution in [0.1, 0.15) is 86.8 Å². The van der Waals surface area contributed by atoms with Crippen molar-refractivity contribution in [3.05, 3.63) is 105 Å². The lowest BCUT2D eigenvalue weighted by molar-refractivity contribution is -0.120. The molecular formula is C49H56N4O9S2. The molecule has 0 saturated heterocycles. The largest absolute Gasteiger partial charge is 0.456 e. The normalized spacial score (nSPS) is 13.3. The Bertz CT molecular complexity index is 3100. The number of hydrogen-bond acceptors (Lipinski definition) is 9. The molecule has 0 bridgehead atoms. The number of fused-ring (bicyclic) bond motifs is 2. The van der Waals surface area contributed by atoms with Gasteiger partial charge in [-0.25, -0.2) is 4.99 Å². The van der Waals surface area contributed by atoms with Crippen molar-refractivity contribution < 1.29 is 39.9 Å².